The summed E-state index contributed by atoms with van der Waals surface area (Å²) in [4.78, 5) is 23.1. The molecule has 0 radical (unpaired) electrons. The zero-order chi connectivity index (χ0) is 16.5. The van der Waals surface area contributed by atoms with Crippen LogP contribution < -0.4 is 10.6 Å². The van der Waals surface area contributed by atoms with Gasteiger partial charge in [0.2, 0.25) is 11.9 Å². The smallest absolute Gasteiger partial charge is 0.413 e. The summed E-state index contributed by atoms with van der Waals surface area (Å²) in [5, 5.41) is 12.5. The molecule has 0 aromatic heterocycles. The number of alkyl carbamates (subject to hydrolysis) is 1. The molecular formula is C14H18Cl3N3O3. The predicted molar refractivity (Wildman–Crippen MR) is 92.7 cm³/mol. The van der Waals surface area contributed by atoms with Gasteiger partial charge in [-0.15, -0.1) is 12.4 Å². The fourth-order valence-electron chi connectivity index (χ4n) is 1.52. The number of hydrogen-bond acceptors (Lipinski definition) is 4. The first-order valence-corrected chi connectivity index (χ1v) is 7.44. The van der Waals surface area contributed by atoms with Gasteiger partial charge in [-0.25, -0.2) is 4.79 Å². The van der Waals surface area contributed by atoms with Gasteiger partial charge in [0.25, 0.3) is 0 Å². The Morgan fingerprint density at radius 2 is 1.83 bits per heavy atom. The van der Waals surface area contributed by atoms with Crippen molar-refractivity contribution in [3.63, 3.8) is 0 Å². The van der Waals surface area contributed by atoms with Gasteiger partial charge in [0, 0.05) is 10.0 Å². The molecule has 0 fully saturated rings. The average molecular weight is 383 g/mol. The molecular weight excluding hydrogens is 365 g/mol. The minimum Gasteiger partial charge on any atom is -0.449 e. The topological polar surface area (TPSA) is 91.3 Å². The molecule has 0 bridgehead atoms. The predicted octanol–water partition coefficient (Wildman–Crippen LogP) is 3.53. The van der Waals surface area contributed by atoms with Crippen LogP contribution in [0.25, 0.3) is 0 Å². The van der Waals surface area contributed by atoms with Crippen molar-refractivity contribution in [1.82, 2.24) is 10.6 Å². The van der Waals surface area contributed by atoms with E-state index < -0.39 is 18.0 Å². The van der Waals surface area contributed by atoms with Crippen molar-refractivity contribution in [3.05, 3.63) is 33.8 Å². The van der Waals surface area contributed by atoms with E-state index in [9.17, 15) is 9.59 Å². The van der Waals surface area contributed by atoms with E-state index in [-0.39, 0.29) is 25.4 Å². The lowest BCUT2D eigenvalue weighted by Crippen LogP contribution is -2.44. The second-order valence-electron chi connectivity index (χ2n) is 4.41. The Labute approximate surface area is 150 Å². The van der Waals surface area contributed by atoms with Gasteiger partial charge in [-0.2, -0.15) is 0 Å². The van der Waals surface area contributed by atoms with Crippen molar-refractivity contribution in [1.29, 1.82) is 5.41 Å². The lowest BCUT2D eigenvalue weighted by Gasteiger charge is -2.10. The molecule has 0 aliphatic carbocycles. The number of nitrogens with one attached hydrogen (secondary N) is 3. The van der Waals surface area contributed by atoms with Gasteiger partial charge in [0.15, 0.2) is 0 Å². The van der Waals surface area contributed by atoms with Gasteiger partial charge >= 0.3 is 6.09 Å². The molecule has 0 unspecified atom stereocenters. The van der Waals surface area contributed by atoms with Crippen LogP contribution in [0, 0.1) is 5.41 Å². The molecule has 0 spiro atoms. The van der Waals surface area contributed by atoms with E-state index in [2.05, 4.69) is 10.6 Å². The lowest BCUT2D eigenvalue weighted by molar-refractivity contribution is -0.119. The highest BCUT2D eigenvalue weighted by atomic mass is 35.5. The normalized spacial score (nSPS) is 9.52. The molecule has 0 saturated heterocycles. The van der Waals surface area contributed by atoms with Crippen molar-refractivity contribution >= 4 is 53.6 Å². The van der Waals surface area contributed by atoms with E-state index in [1.165, 1.54) is 0 Å². The molecule has 0 aliphatic heterocycles. The number of carbonyl (C=O) groups excluding carboxylic acids is 2. The van der Waals surface area contributed by atoms with Crippen molar-refractivity contribution in [2.24, 2.45) is 0 Å². The molecule has 2 amide bonds. The molecule has 1 aromatic carbocycles. The minimum absolute atomic E-state index is 0. The maximum Gasteiger partial charge on any atom is 0.413 e. The van der Waals surface area contributed by atoms with Gasteiger partial charge in [-0.3, -0.25) is 20.8 Å². The summed E-state index contributed by atoms with van der Waals surface area (Å²) in [6.07, 6.45) is 0.737. The van der Waals surface area contributed by atoms with Gasteiger partial charge in [0.1, 0.15) is 0 Å². The second kappa shape index (κ2) is 11.1. The summed E-state index contributed by atoms with van der Waals surface area (Å²) in [6, 6.07) is 4.90. The molecule has 3 N–H and O–H groups in total. The highest BCUT2D eigenvalue weighted by Crippen LogP contribution is 2.24. The largest absolute Gasteiger partial charge is 0.449 e. The van der Waals surface area contributed by atoms with Crippen LogP contribution in [0.1, 0.15) is 25.3 Å². The van der Waals surface area contributed by atoms with Crippen molar-refractivity contribution in [2.75, 3.05) is 6.61 Å². The molecule has 0 atom stereocenters. The third-order valence-corrected chi connectivity index (χ3v) is 3.33. The molecule has 1 rings (SSSR count). The van der Waals surface area contributed by atoms with Crippen LogP contribution in [-0.2, 0) is 16.0 Å². The molecule has 1 aromatic rings. The van der Waals surface area contributed by atoms with E-state index in [1.807, 2.05) is 6.92 Å². The Morgan fingerprint density at radius 1 is 1.22 bits per heavy atom. The molecule has 6 nitrogen and oxygen atoms in total. The van der Waals surface area contributed by atoms with Gasteiger partial charge in [-0.05, 0) is 24.1 Å². The highest BCUT2D eigenvalue weighted by Gasteiger charge is 2.13. The van der Waals surface area contributed by atoms with Crippen LogP contribution in [0.3, 0.4) is 0 Å². The van der Waals surface area contributed by atoms with E-state index in [0.717, 1.165) is 12.8 Å². The van der Waals surface area contributed by atoms with E-state index in [0.29, 0.717) is 15.6 Å². The number of rotatable bonds is 5. The lowest BCUT2D eigenvalue weighted by atomic mass is 10.1. The van der Waals surface area contributed by atoms with Crippen LogP contribution in [0.4, 0.5) is 4.79 Å². The molecule has 0 aliphatic rings. The van der Waals surface area contributed by atoms with Gasteiger partial charge in [0.05, 0.1) is 13.0 Å². The van der Waals surface area contributed by atoms with Crippen LogP contribution >= 0.6 is 35.6 Å². The van der Waals surface area contributed by atoms with Crippen LogP contribution in [-0.4, -0.2) is 24.6 Å². The first-order valence-electron chi connectivity index (χ1n) is 6.69. The Kier molecular flexibility index (Phi) is 10.4. The molecule has 0 heterocycles. The number of carbonyl (C=O) groups is 2. The summed E-state index contributed by atoms with van der Waals surface area (Å²) < 4.78 is 4.81. The minimum atomic E-state index is -0.783. The quantitative estimate of drug-likeness (QED) is 0.413. The number of guanidine groups is 1. The summed E-state index contributed by atoms with van der Waals surface area (Å²) >= 11 is 11.9. The number of hydrogen-bond donors (Lipinski definition) is 3. The number of benzene rings is 1. The summed E-state index contributed by atoms with van der Waals surface area (Å²) in [7, 11) is 0. The van der Waals surface area contributed by atoms with Crippen LogP contribution in [0.5, 0.6) is 0 Å². The van der Waals surface area contributed by atoms with Crippen LogP contribution in [0.2, 0.25) is 10.0 Å². The van der Waals surface area contributed by atoms with Crippen molar-refractivity contribution in [2.45, 2.75) is 26.2 Å². The maximum atomic E-state index is 11.8. The summed E-state index contributed by atoms with van der Waals surface area (Å²) in [5.74, 6) is -0.983. The number of ether oxygens (including phenoxy) is 1. The standard InChI is InChI=1S/C14H17Cl2N3O3.ClH/c1-2-3-7-22-14(21)19-13(17)18-12(20)8-9-10(15)5-4-6-11(9)16;/h4-6H,2-3,7-8H2,1H3,(H3,17,18,19,20,21);1H. The van der Waals surface area contributed by atoms with Gasteiger partial charge < -0.3 is 4.74 Å². The first kappa shape index (κ1) is 21.5. The van der Waals surface area contributed by atoms with Crippen molar-refractivity contribution < 1.29 is 14.3 Å². The Morgan fingerprint density at radius 3 is 2.39 bits per heavy atom. The third kappa shape index (κ3) is 8.06. The second-order valence-corrected chi connectivity index (χ2v) is 5.23. The molecule has 23 heavy (non-hydrogen) atoms. The number of halogens is 3. The zero-order valence-electron chi connectivity index (χ0n) is 12.4. The average Bonchev–Trinajstić information content (AvgIpc) is 2.43. The first-order chi connectivity index (χ1) is 10.4. The number of amides is 2. The Balaban J connectivity index is 0.00000484. The molecule has 9 heteroatoms. The fourth-order valence-corrected chi connectivity index (χ4v) is 2.06. The maximum absolute atomic E-state index is 11.8. The number of unbranched alkanes of at least 4 members (excludes halogenated alkanes) is 1. The summed E-state index contributed by atoms with van der Waals surface area (Å²) in [6.45, 7) is 2.22. The molecule has 128 valence electrons. The summed E-state index contributed by atoms with van der Waals surface area (Å²) in [5.41, 5.74) is 0.460. The van der Waals surface area contributed by atoms with Gasteiger partial charge in [-0.1, -0.05) is 42.6 Å². The van der Waals surface area contributed by atoms with E-state index >= 15 is 0 Å². The third-order valence-electron chi connectivity index (χ3n) is 2.62. The Hall–Kier alpha value is -1.50. The zero-order valence-corrected chi connectivity index (χ0v) is 14.8. The van der Waals surface area contributed by atoms with E-state index in [4.69, 9.17) is 33.3 Å². The SMILES string of the molecule is CCCCOC(=O)NC(=N)NC(=O)Cc1c(Cl)cccc1Cl.Cl. The fraction of sp³-hybridized carbons (Fsp3) is 0.357. The monoisotopic (exact) mass is 381 g/mol. The highest BCUT2D eigenvalue weighted by molar-refractivity contribution is 6.36. The van der Waals surface area contributed by atoms with E-state index in [1.54, 1.807) is 18.2 Å². The Bertz CT molecular complexity index is 547. The van der Waals surface area contributed by atoms with Crippen LogP contribution in [0.15, 0.2) is 18.2 Å². The van der Waals surface area contributed by atoms with Crippen molar-refractivity contribution in [3.8, 4) is 0 Å². The molecule has 0 saturated carbocycles.